The minimum Gasteiger partial charge on any atom is -0.465 e. The number of carbonyl (C=O) groups is 3. The molecule has 212 valence electrons. The van der Waals surface area contributed by atoms with E-state index in [-0.39, 0.29) is 19.2 Å². The number of piperazine rings is 1. The molecule has 0 aliphatic carbocycles. The maximum Gasteiger partial charge on any atom is 0.412 e. The summed E-state index contributed by atoms with van der Waals surface area (Å²) in [6, 6.07) is 15.9. The van der Waals surface area contributed by atoms with Gasteiger partial charge in [-0.25, -0.2) is 19.4 Å². The number of ether oxygens (including phenoxy) is 1. The molecule has 2 aromatic carbocycles. The van der Waals surface area contributed by atoms with Crippen LogP contribution < -0.4 is 10.6 Å². The lowest BCUT2D eigenvalue weighted by molar-refractivity contribution is 0.0889. The lowest BCUT2D eigenvalue weighted by atomic mass is 10.1. The molecule has 4 amide bonds. The first-order valence-corrected chi connectivity index (χ1v) is 13.4. The topological polar surface area (TPSA) is 127 Å². The highest BCUT2D eigenvalue weighted by molar-refractivity contribution is 6.31. The van der Waals surface area contributed by atoms with Gasteiger partial charge in [0, 0.05) is 62.9 Å². The number of urea groups is 1. The molecule has 0 bridgehead atoms. The molecule has 3 N–H and O–H groups in total. The summed E-state index contributed by atoms with van der Waals surface area (Å²) in [4.78, 5) is 46.2. The molecule has 4 rings (SSSR count). The largest absolute Gasteiger partial charge is 0.465 e. The molecule has 0 saturated carbocycles. The first-order valence-electron chi connectivity index (χ1n) is 13.0. The molecular formula is C28H33ClN6O5. The third-order valence-corrected chi connectivity index (χ3v) is 7.31. The Kier molecular flexibility index (Phi) is 9.98. The number of halogens is 1. The Morgan fingerprint density at radius 1 is 1.07 bits per heavy atom. The number of carboxylic acid groups (broad SMARTS) is 1. The highest BCUT2D eigenvalue weighted by Gasteiger charge is 2.25. The monoisotopic (exact) mass is 568 g/mol. The molecule has 1 aliphatic heterocycles. The van der Waals surface area contributed by atoms with E-state index in [1.54, 1.807) is 25.4 Å². The van der Waals surface area contributed by atoms with Crippen molar-refractivity contribution in [2.45, 2.75) is 19.0 Å². The average molecular weight is 569 g/mol. The van der Waals surface area contributed by atoms with E-state index in [1.807, 2.05) is 42.5 Å². The summed E-state index contributed by atoms with van der Waals surface area (Å²) in [6.07, 6.45) is 0.597. The van der Waals surface area contributed by atoms with Crippen LogP contribution in [-0.4, -0.2) is 95.4 Å². The zero-order chi connectivity index (χ0) is 28.5. The number of anilines is 1. The van der Waals surface area contributed by atoms with Crippen LogP contribution in [0.25, 0.3) is 10.8 Å². The Bertz CT molecular complexity index is 1330. The fourth-order valence-corrected chi connectivity index (χ4v) is 4.65. The van der Waals surface area contributed by atoms with Gasteiger partial charge >= 0.3 is 18.2 Å². The van der Waals surface area contributed by atoms with Crippen LogP contribution in [0.3, 0.4) is 0 Å². The van der Waals surface area contributed by atoms with Crippen LogP contribution >= 0.6 is 11.6 Å². The fraction of sp³-hybridized carbons (Fsp3) is 0.357. The van der Waals surface area contributed by atoms with Crippen molar-refractivity contribution in [1.29, 1.82) is 0 Å². The Morgan fingerprint density at radius 3 is 2.50 bits per heavy atom. The molecule has 0 spiro atoms. The van der Waals surface area contributed by atoms with Crippen LogP contribution in [-0.2, 0) is 11.3 Å². The lowest BCUT2D eigenvalue weighted by Crippen LogP contribution is -2.50. The van der Waals surface area contributed by atoms with Crippen LogP contribution in [0.5, 0.6) is 0 Å². The quantitative estimate of drug-likeness (QED) is 0.350. The highest BCUT2D eigenvalue weighted by atomic mass is 35.5. The normalized spacial score (nSPS) is 14.4. The van der Waals surface area contributed by atoms with Gasteiger partial charge in [-0.2, -0.15) is 0 Å². The number of fused-ring (bicyclic) bond motifs is 1. The van der Waals surface area contributed by atoms with Crippen molar-refractivity contribution < 1.29 is 24.2 Å². The smallest absolute Gasteiger partial charge is 0.412 e. The molecule has 11 nitrogen and oxygen atoms in total. The number of benzene rings is 2. The molecule has 1 aromatic heterocycles. The van der Waals surface area contributed by atoms with Gasteiger partial charge in [-0.05, 0) is 29.5 Å². The summed E-state index contributed by atoms with van der Waals surface area (Å²) in [7, 11) is 1.65. The minimum atomic E-state index is -0.923. The van der Waals surface area contributed by atoms with E-state index in [2.05, 4.69) is 20.5 Å². The van der Waals surface area contributed by atoms with Gasteiger partial charge in [-0.3, -0.25) is 10.2 Å². The Labute approximate surface area is 237 Å². The Hall–Kier alpha value is -4.09. The summed E-state index contributed by atoms with van der Waals surface area (Å²) >= 11 is 6.22. The number of aromatic nitrogens is 1. The summed E-state index contributed by atoms with van der Waals surface area (Å²) in [5.41, 5.74) is 0.789. The summed E-state index contributed by atoms with van der Waals surface area (Å²) in [5, 5.41) is 17.2. The SMILES string of the molecule is CN(C(=O)NCc1ccccc1Cl)[C@@H](CCN1CCN(C(=O)O)CC1)COC(=O)Nc1cc2ccccc2cn1. The van der Waals surface area contributed by atoms with Crippen LogP contribution in [0, 0.1) is 0 Å². The maximum absolute atomic E-state index is 13.0. The number of nitrogens with zero attached hydrogens (tertiary/aromatic N) is 4. The number of hydrogen-bond donors (Lipinski definition) is 3. The predicted octanol–water partition coefficient (Wildman–Crippen LogP) is 4.33. The number of amides is 4. The molecule has 12 heteroatoms. The predicted molar refractivity (Wildman–Crippen MR) is 153 cm³/mol. The molecule has 0 unspecified atom stereocenters. The van der Waals surface area contributed by atoms with E-state index < -0.39 is 18.2 Å². The number of hydrogen-bond acceptors (Lipinski definition) is 6. The number of nitrogens with one attached hydrogen (secondary N) is 2. The zero-order valence-corrected chi connectivity index (χ0v) is 23.0. The van der Waals surface area contributed by atoms with Gasteiger partial charge < -0.3 is 25.0 Å². The number of rotatable bonds is 9. The Balaban J connectivity index is 1.35. The zero-order valence-electron chi connectivity index (χ0n) is 22.3. The van der Waals surface area contributed by atoms with Crippen molar-refractivity contribution in [2.75, 3.05) is 51.7 Å². The highest BCUT2D eigenvalue weighted by Crippen LogP contribution is 2.17. The van der Waals surface area contributed by atoms with Crippen LogP contribution in [0.15, 0.2) is 60.8 Å². The first-order chi connectivity index (χ1) is 19.3. The van der Waals surface area contributed by atoms with Gasteiger partial charge in [0.05, 0.1) is 6.04 Å². The van der Waals surface area contributed by atoms with Gasteiger partial charge in [0.1, 0.15) is 12.4 Å². The van der Waals surface area contributed by atoms with E-state index in [1.165, 1.54) is 9.80 Å². The summed E-state index contributed by atoms with van der Waals surface area (Å²) in [5.74, 6) is 0.363. The van der Waals surface area contributed by atoms with E-state index >= 15 is 0 Å². The minimum absolute atomic E-state index is 0.0372. The fourth-order valence-electron chi connectivity index (χ4n) is 4.45. The lowest BCUT2D eigenvalue weighted by Gasteiger charge is -2.35. The second-order valence-electron chi connectivity index (χ2n) is 9.55. The van der Waals surface area contributed by atoms with E-state index in [0.29, 0.717) is 50.0 Å². The molecule has 1 atom stereocenters. The number of carbonyl (C=O) groups excluding carboxylic acids is 2. The van der Waals surface area contributed by atoms with Crippen LogP contribution in [0.1, 0.15) is 12.0 Å². The number of likely N-dealkylation sites (N-methyl/N-ethyl adjacent to an activating group) is 1. The average Bonchev–Trinajstić information content (AvgIpc) is 2.96. The van der Waals surface area contributed by atoms with Crippen LogP contribution in [0.2, 0.25) is 5.02 Å². The van der Waals surface area contributed by atoms with Crippen molar-refractivity contribution >= 4 is 46.4 Å². The van der Waals surface area contributed by atoms with Gasteiger partial charge in [-0.15, -0.1) is 0 Å². The van der Waals surface area contributed by atoms with E-state index in [9.17, 15) is 19.5 Å². The third kappa shape index (κ3) is 7.96. The van der Waals surface area contributed by atoms with E-state index in [0.717, 1.165) is 16.3 Å². The van der Waals surface area contributed by atoms with Gasteiger partial charge in [0.25, 0.3) is 0 Å². The third-order valence-electron chi connectivity index (χ3n) is 6.95. The molecular weight excluding hydrogens is 536 g/mol. The molecule has 2 heterocycles. The van der Waals surface area contributed by atoms with Gasteiger partial charge in [0.15, 0.2) is 0 Å². The molecule has 1 aliphatic rings. The van der Waals surface area contributed by atoms with Gasteiger partial charge in [-0.1, -0.05) is 54.1 Å². The van der Waals surface area contributed by atoms with Crippen molar-refractivity contribution in [3.63, 3.8) is 0 Å². The molecule has 3 aromatic rings. The Morgan fingerprint density at radius 2 is 1.77 bits per heavy atom. The van der Waals surface area contributed by atoms with Crippen molar-refractivity contribution in [3.8, 4) is 0 Å². The number of pyridine rings is 1. The summed E-state index contributed by atoms with van der Waals surface area (Å²) < 4.78 is 5.52. The second kappa shape index (κ2) is 13.8. The first kappa shape index (κ1) is 28.9. The molecule has 1 fully saturated rings. The van der Waals surface area contributed by atoms with Gasteiger partial charge in [0.2, 0.25) is 0 Å². The van der Waals surface area contributed by atoms with Crippen LogP contribution in [0.4, 0.5) is 20.2 Å². The second-order valence-corrected chi connectivity index (χ2v) is 9.96. The molecule has 1 saturated heterocycles. The molecule has 40 heavy (non-hydrogen) atoms. The van der Waals surface area contributed by atoms with E-state index in [4.69, 9.17) is 16.3 Å². The molecule has 0 radical (unpaired) electrons. The maximum atomic E-state index is 13.0. The summed E-state index contributed by atoms with van der Waals surface area (Å²) in [6.45, 7) is 2.86. The standard InChI is InChI=1S/C28H33ClN6O5/c1-33(26(36)31-18-22-8-4-5-9-24(22)29)23(10-11-34-12-14-35(15-13-34)28(38)39)19-40-27(37)32-25-16-20-6-2-3-7-21(20)17-30-25/h2-9,16-17,23H,10-15,18-19H2,1H3,(H,31,36)(H,38,39)(H,30,32,37)/t23-/m0/s1. The van der Waals surface area contributed by atoms with Crippen molar-refractivity contribution in [3.05, 3.63) is 71.4 Å². The van der Waals surface area contributed by atoms with Crippen molar-refractivity contribution in [1.82, 2.24) is 25.0 Å². The van der Waals surface area contributed by atoms with Crippen molar-refractivity contribution in [2.24, 2.45) is 0 Å².